The number of halogens is 1. The molecule has 0 unspecified atom stereocenters. The Bertz CT molecular complexity index is 497. The zero-order valence-electron chi connectivity index (χ0n) is 9.98. The molecule has 1 rings (SSSR count). The van der Waals surface area contributed by atoms with E-state index in [1.54, 1.807) is 0 Å². The van der Waals surface area contributed by atoms with Gasteiger partial charge in [0.1, 0.15) is 5.69 Å². The van der Waals surface area contributed by atoms with E-state index < -0.39 is 5.82 Å². The number of methoxy groups -OCH3 is 2. The summed E-state index contributed by atoms with van der Waals surface area (Å²) in [4.78, 5) is 7.34. The van der Waals surface area contributed by atoms with E-state index in [0.717, 1.165) is 0 Å². The minimum absolute atomic E-state index is 0.0335. The smallest absolute Gasteiger partial charge is 0.223 e. The summed E-state index contributed by atoms with van der Waals surface area (Å²) in [5, 5.41) is 0. The standard InChI is InChI=1S/C10H14FN5O2/c1-17-6-4-3-5(8(18-2)7(6)11)15-10(14)16-9(12)13/h3-4H,1-2H3,(H6,12,13,14,15,16). The van der Waals surface area contributed by atoms with Crippen LogP contribution in [-0.4, -0.2) is 26.1 Å². The molecule has 6 N–H and O–H groups in total. The van der Waals surface area contributed by atoms with Crippen molar-refractivity contribution in [2.24, 2.45) is 27.2 Å². The molecule has 0 atom stereocenters. The molecular formula is C10H14FN5O2. The molecule has 0 spiro atoms. The Morgan fingerprint density at radius 3 is 2.33 bits per heavy atom. The molecule has 8 heteroatoms. The summed E-state index contributed by atoms with van der Waals surface area (Å²) in [7, 11) is 2.64. The number of guanidine groups is 2. The highest BCUT2D eigenvalue weighted by Gasteiger charge is 2.14. The molecule has 7 nitrogen and oxygen atoms in total. The molecule has 0 heterocycles. The first-order chi connectivity index (χ1) is 8.49. The molecule has 1 aromatic carbocycles. The van der Waals surface area contributed by atoms with Crippen molar-refractivity contribution in [3.63, 3.8) is 0 Å². The molecule has 0 aromatic heterocycles. The van der Waals surface area contributed by atoms with Crippen LogP contribution in [0.3, 0.4) is 0 Å². The molecule has 0 aliphatic carbocycles. The van der Waals surface area contributed by atoms with Gasteiger partial charge in [0.2, 0.25) is 11.8 Å². The fourth-order valence-corrected chi connectivity index (χ4v) is 1.25. The zero-order chi connectivity index (χ0) is 13.7. The molecule has 0 bridgehead atoms. The van der Waals surface area contributed by atoms with Crippen LogP contribution in [0.4, 0.5) is 10.1 Å². The highest BCUT2D eigenvalue weighted by atomic mass is 19.1. The van der Waals surface area contributed by atoms with Gasteiger partial charge in [0.25, 0.3) is 0 Å². The van der Waals surface area contributed by atoms with E-state index in [1.807, 2.05) is 0 Å². The van der Waals surface area contributed by atoms with Gasteiger partial charge in [-0.05, 0) is 12.1 Å². The van der Waals surface area contributed by atoms with Gasteiger partial charge < -0.3 is 26.7 Å². The number of benzene rings is 1. The first kappa shape index (κ1) is 13.6. The second-order valence-corrected chi connectivity index (χ2v) is 3.14. The summed E-state index contributed by atoms with van der Waals surface area (Å²) < 4.78 is 23.5. The number of rotatable bonds is 3. The van der Waals surface area contributed by atoms with Crippen LogP contribution in [-0.2, 0) is 0 Å². The average molecular weight is 255 g/mol. The van der Waals surface area contributed by atoms with Crippen LogP contribution >= 0.6 is 0 Å². The minimum atomic E-state index is -0.682. The van der Waals surface area contributed by atoms with Gasteiger partial charge in [-0.3, -0.25) is 0 Å². The van der Waals surface area contributed by atoms with Gasteiger partial charge in [-0.1, -0.05) is 0 Å². The molecule has 0 aliphatic rings. The van der Waals surface area contributed by atoms with Crippen LogP contribution in [0.15, 0.2) is 22.1 Å². The number of hydrogen-bond acceptors (Lipinski definition) is 3. The van der Waals surface area contributed by atoms with Crippen LogP contribution in [0.5, 0.6) is 11.5 Å². The molecule has 1 aromatic rings. The lowest BCUT2D eigenvalue weighted by molar-refractivity contribution is 0.351. The van der Waals surface area contributed by atoms with Crippen molar-refractivity contribution in [3.8, 4) is 11.5 Å². The van der Waals surface area contributed by atoms with Crippen molar-refractivity contribution >= 4 is 17.6 Å². The predicted octanol–water partition coefficient (Wildman–Crippen LogP) is 0.0625. The average Bonchev–Trinajstić information content (AvgIpc) is 2.28. The number of hydrogen-bond donors (Lipinski definition) is 3. The SMILES string of the molecule is COc1ccc(N=C(N)N=C(N)N)c(OC)c1F. The first-order valence-corrected chi connectivity index (χ1v) is 4.83. The van der Waals surface area contributed by atoms with E-state index in [9.17, 15) is 4.39 Å². The van der Waals surface area contributed by atoms with Gasteiger partial charge in [0.05, 0.1) is 14.2 Å². The van der Waals surface area contributed by atoms with E-state index in [4.69, 9.17) is 26.7 Å². The second kappa shape index (κ2) is 5.71. The van der Waals surface area contributed by atoms with Gasteiger partial charge in [0.15, 0.2) is 17.5 Å². The summed E-state index contributed by atoms with van der Waals surface area (Å²) in [5.41, 5.74) is 15.9. The zero-order valence-corrected chi connectivity index (χ0v) is 9.98. The Hall–Kier alpha value is -2.51. The van der Waals surface area contributed by atoms with Gasteiger partial charge in [-0.2, -0.15) is 9.38 Å². The highest BCUT2D eigenvalue weighted by molar-refractivity contribution is 5.93. The summed E-state index contributed by atoms with van der Waals surface area (Å²) >= 11 is 0. The van der Waals surface area contributed by atoms with E-state index in [0.29, 0.717) is 0 Å². The number of nitrogens with two attached hydrogens (primary N) is 3. The molecule has 98 valence electrons. The maximum absolute atomic E-state index is 13.8. The molecule has 0 saturated heterocycles. The monoisotopic (exact) mass is 255 g/mol. The number of nitrogens with zero attached hydrogens (tertiary/aromatic N) is 2. The molecule has 0 aliphatic heterocycles. The quantitative estimate of drug-likeness (QED) is 0.521. The van der Waals surface area contributed by atoms with Crippen molar-refractivity contribution in [1.29, 1.82) is 0 Å². The Morgan fingerprint density at radius 1 is 1.17 bits per heavy atom. The lowest BCUT2D eigenvalue weighted by atomic mass is 10.2. The fraction of sp³-hybridized carbons (Fsp3) is 0.200. The summed E-state index contributed by atoms with van der Waals surface area (Å²) in [6.45, 7) is 0. The third-order valence-electron chi connectivity index (χ3n) is 1.94. The van der Waals surface area contributed by atoms with Crippen LogP contribution in [0.1, 0.15) is 0 Å². The third kappa shape index (κ3) is 3.00. The summed E-state index contributed by atoms with van der Waals surface area (Å²) in [6.07, 6.45) is 0. The normalized spacial score (nSPS) is 10.9. The minimum Gasteiger partial charge on any atom is -0.494 e. The van der Waals surface area contributed by atoms with Crippen LogP contribution < -0.4 is 26.7 Å². The van der Waals surface area contributed by atoms with Crippen molar-refractivity contribution in [2.75, 3.05) is 14.2 Å². The topological polar surface area (TPSA) is 121 Å². The van der Waals surface area contributed by atoms with E-state index in [1.165, 1.54) is 26.4 Å². The molecule has 0 radical (unpaired) electrons. The maximum Gasteiger partial charge on any atom is 0.223 e. The largest absolute Gasteiger partial charge is 0.494 e. The number of ether oxygens (including phenoxy) is 2. The Balaban J connectivity index is 3.26. The van der Waals surface area contributed by atoms with E-state index >= 15 is 0 Å². The van der Waals surface area contributed by atoms with Crippen LogP contribution in [0, 0.1) is 5.82 Å². The molecule has 18 heavy (non-hydrogen) atoms. The Morgan fingerprint density at radius 2 is 1.83 bits per heavy atom. The van der Waals surface area contributed by atoms with E-state index in [-0.39, 0.29) is 29.1 Å². The van der Waals surface area contributed by atoms with Crippen molar-refractivity contribution in [3.05, 3.63) is 17.9 Å². The predicted molar refractivity (Wildman–Crippen MR) is 66.6 cm³/mol. The highest BCUT2D eigenvalue weighted by Crippen LogP contribution is 2.35. The first-order valence-electron chi connectivity index (χ1n) is 4.83. The third-order valence-corrected chi connectivity index (χ3v) is 1.94. The lowest BCUT2D eigenvalue weighted by Crippen LogP contribution is -2.26. The number of aliphatic imine (C=N–C) groups is 2. The Kier molecular flexibility index (Phi) is 4.30. The lowest BCUT2D eigenvalue weighted by Gasteiger charge is -2.09. The van der Waals surface area contributed by atoms with Gasteiger partial charge in [-0.15, -0.1) is 0 Å². The van der Waals surface area contributed by atoms with Gasteiger partial charge >= 0.3 is 0 Å². The van der Waals surface area contributed by atoms with Crippen LogP contribution in [0.2, 0.25) is 0 Å². The summed E-state index contributed by atoms with van der Waals surface area (Å²) in [5.74, 6) is -1.21. The fourth-order valence-electron chi connectivity index (χ4n) is 1.25. The molecular weight excluding hydrogens is 241 g/mol. The molecule has 0 saturated carbocycles. The van der Waals surface area contributed by atoms with Crippen LogP contribution in [0.25, 0.3) is 0 Å². The maximum atomic E-state index is 13.8. The van der Waals surface area contributed by atoms with Gasteiger partial charge in [0, 0.05) is 0 Å². The Labute approximate surface area is 103 Å². The van der Waals surface area contributed by atoms with Crippen molar-refractivity contribution in [1.82, 2.24) is 0 Å². The van der Waals surface area contributed by atoms with Crippen molar-refractivity contribution in [2.45, 2.75) is 0 Å². The molecule has 0 amide bonds. The van der Waals surface area contributed by atoms with E-state index in [2.05, 4.69) is 9.98 Å². The van der Waals surface area contributed by atoms with Crippen molar-refractivity contribution < 1.29 is 13.9 Å². The molecule has 0 fully saturated rings. The van der Waals surface area contributed by atoms with Gasteiger partial charge in [-0.25, -0.2) is 4.99 Å². The second-order valence-electron chi connectivity index (χ2n) is 3.14. The summed E-state index contributed by atoms with van der Waals surface area (Å²) in [6, 6.07) is 2.86.